The number of hydrogen-bond acceptors (Lipinski definition) is 3. The predicted octanol–water partition coefficient (Wildman–Crippen LogP) is 1.26. The molecule has 0 N–H and O–H groups in total. The summed E-state index contributed by atoms with van der Waals surface area (Å²) in [6, 6.07) is 2.24. The van der Waals surface area contributed by atoms with Gasteiger partial charge in [-0.1, -0.05) is 6.92 Å². The van der Waals surface area contributed by atoms with Crippen molar-refractivity contribution in [2.75, 3.05) is 26.8 Å². The highest BCUT2D eigenvalue weighted by Gasteiger charge is 2.22. The molecule has 1 aliphatic heterocycles. The molecule has 1 fully saturated rings. The number of piperidine rings is 1. The minimum Gasteiger partial charge on any atom is -0.382 e. The highest BCUT2D eigenvalue weighted by atomic mass is 16.5. The molecular weight excluding hydrogens is 164 g/mol. The second-order valence-corrected chi connectivity index (χ2v) is 3.82. The number of nitrogens with zero attached hydrogens (tertiary/aromatic N) is 2. The molecule has 1 saturated heterocycles. The van der Waals surface area contributed by atoms with Gasteiger partial charge in [0, 0.05) is 7.11 Å². The van der Waals surface area contributed by atoms with Crippen LogP contribution in [0.2, 0.25) is 0 Å². The van der Waals surface area contributed by atoms with Crippen LogP contribution in [0.25, 0.3) is 0 Å². The highest BCUT2D eigenvalue weighted by molar-refractivity contribution is 4.93. The molecule has 13 heavy (non-hydrogen) atoms. The van der Waals surface area contributed by atoms with Crippen molar-refractivity contribution in [2.45, 2.75) is 25.8 Å². The summed E-state index contributed by atoms with van der Waals surface area (Å²) in [6.45, 7) is 4.89. The van der Waals surface area contributed by atoms with Gasteiger partial charge in [0.15, 0.2) is 0 Å². The van der Waals surface area contributed by atoms with Gasteiger partial charge >= 0.3 is 0 Å². The number of hydrogen-bond donors (Lipinski definition) is 0. The zero-order valence-electron chi connectivity index (χ0n) is 8.49. The van der Waals surface area contributed by atoms with E-state index in [9.17, 15) is 0 Å². The van der Waals surface area contributed by atoms with Gasteiger partial charge in [-0.3, -0.25) is 4.90 Å². The van der Waals surface area contributed by atoms with E-state index in [0.29, 0.717) is 6.61 Å². The molecule has 0 bridgehead atoms. The molecule has 0 radical (unpaired) electrons. The van der Waals surface area contributed by atoms with Crippen molar-refractivity contribution in [1.82, 2.24) is 4.90 Å². The van der Waals surface area contributed by atoms with Crippen LogP contribution < -0.4 is 0 Å². The first-order chi connectivity index (χ1) is 6.27. The fraction of sp³-hybridized carbons (Fsp3) is 0.900. The van der Waals surface area contributed by atoms with Gasteiger partial charge in [0.05, 0.1) is 12.7 Å². The maximum absolute atomic E-state index is 8.90. The van der Waals surface area contributed by atoms with Crippen molar-refractivity contribution < 1.29 is 4.74 Å². The van der Waals surface area contributed by atoms with Crippen LogP contribution in [-0.2, 0) is 4.74 Å². The molecule has 1 unspecified atom stereocenters. The Labute approximate surface area is 80.3 Å². The predicted molar refractivity (Wildman–Crippen MR) is 51.2 cm³/mol. The molecular formula is C10H18N2O. The maximum atomic E-state index is 8.90. The van der Waals surface area contributed by atoms with E-state index >= 15 is 0 Å². The normalized spacial score (nSPS) is 22.5. The van der Waals surface area contributed by atoms with Gasteiger partial charge < -0.3 is 4.74 Å². The maximum Gasteiger partial charge on any atom is 0.121 e. The Morgan fingerprint density at radius 1 is 1.54 bits per heavy atom. The van der Waals surface area contributed by atoms with Gasteiger partial charge in [-0.2, -0.15) is 5.26 Å². The fourth-order valence-electron chi connectivity index (χ4n) is 1.72. The van der Waals surface area contributed by atoms with Crippen molar-refractivity contribution in [1.29, 1.82) is 5.26 Å². The number of nitriles is 1. The molecule has 1 rings (SSSR count). The monoisotopic (exact) mass is 182 g/mol. The zero-order chi connectivity index (χ0) is 9.68. The summed E-state index contributed by atoms with van der Waals surface area (Å²) in [5, 5.41) is 8.90. The first-order valence-electron chi connectivity index (χ1n) is 4.90. The molecule has 0 aromatic carbocycles. The molecule has 0 aromatic heterocycles. The van der Waals surface area contributed by atoms with E-state index in [1.165, 1.54) is 12.8 Å². The Bertz CT molecular complexity index is 180. The van der Waals surface area contributed by atoms with Crippen molar-refractivity contribution in [3.8, 4) is 6.07 Å². The van der Waals surface area contributed by atoms with Crippen molar-refractivity contribution in [3.63, 3.8) is 0 Å². The average Bonchev–Trinajstić information content (AvgIpc) is 2.16. The van der Waals surface area contributed by atoms with Crippen LogP contribution in [0.15, 0.2) is 0 Å². The van der Waals surface area contributed by atoms with Crippen LogP contribution in [0, 0.1) is 17.2 Å². The summed E-state index contributed by atoms with van der Waals surface area (Å²) < 4.78 is 5.01. The molecule has 0 spiro atoms. The van der Waals surface area contributed by atoms with Crippen LogP contribution in [0.5, 0.6) is 0 Å². The Balaban J connectivity index is 2.38. The van der Waals surface area contributed by atoms with E-state index in [0.717, 1.165) is 19.0 Å². The van der Waals surface area contributed by atoms with E-state index in [1.807, 2.05) is 0 Å². The Morgan fingerprint density at radius 2 is 2.15 bits per heavy atom. The molecule has 1 heterocycles. The van der Waals surface area contributed by atoms with E-state index in [-0.39, 0.29) is 6.04 Å². The lowest BCUT2D eigenvalue weighted by Gasteiger charge is -2.32. The van der Waals surface area contributed by atoms with E-state index < -0.39 is 0 Å². The van der Waals surface area contributed by atoms with Crippen LogP contribution in [-0.4, -0.2) is 37.7 Å². The van der Waals surface area contributed by atoms with Crippen molar-refractivity contribution in [2.24, 2.45) is 5.92 Å². The number of rotatable bonds is 3. The van der Waals surface area contributed by atoms with Gasteiger partial charge in [0.1, 0.15) is 6.04 Å². The molecule has 1 aliphatic rings. The molecule has 0 aromatic rings. The summed E-state index contributed by atoms with van der Waals surface area (Å²) in [4.78, 5) is 2.23. The molecule has 0 amide bonds. The molecule has 74 valence electrons. The third kappa shape index (κ3) is 2.98. The number of ether oxygens (including phenoxy) is 1. The van der Waals surface area contributed by atoms with Crippen LogP contribution in [0.1, 0.15) is 19.8 Å². The second-order valence-electron chi connectivity index (χ2n) is 3.82. The van der Waals surface area contributed by atoms with Gasteiger partial charge in [0.25, 0.3) is 0 Å². The third-order valence-electron chi connectivity index (χ3n) is 2.73. The van der Waals surface area contributed by atoms with Crippen LogP contribution in [0.4, 0.5) is 0 Å². The fourth-order valence-corrected chi connectivity index (χ4v) is 1.72. The van der Waals surface area contributed by atoms with Gasteiger partial charge in [0.2, 0.25) is 0 Å². The Hall–Kier alpha value is -0.590. The summed E-state index contributed by atoms with van der Waals surface area (Å²) in [5.41, 5.74) is 0. The third-order valence-corrected chi connectivity index (χ3v) is 2.73. The van der Waals surface area contributed by atoms with Gasteiger partial charge in [-0.25, -0.2) is 0 Å². The summed E-state index contributed by atoms with van der Waals surface area (Å²) >= 11 is 0. The lowest BCUT2D eigenvalue weighted by molar-refractivity contribution is 0.0924. The van der Waals surface area contributed by atoms with Gasteiger partial charge in [-0.05, 0) is 31.8 Å². The average molecular weight is 182 g/mol. The largest absolute Gasteiger partial charge is 0.382 e. The lowest BCUT2D eigenvalue weighted by atomic mass is 9.98. The zero-order valence-corrected chi connectivity index (χ0v) is 8.49. The first-order valence-corrected chi connectivity index (χ1v) is 4.90. The van der Waals surface area contributed by atoms with E-state index in [1.54, 1.807) is 7.11 Å². The molecule has 0 saturated carbocycles. The summed E-state index contributed by atoms with van der Waals surface area (Å²) in [7, 11) is 1.65. The first kappa shape index (κ1) is 10.5. The highest BCUT2D eigenvalue weighted by Crippen LogP contribution is 2.17. The number of likely N-dealkylation sites (tertiary alicyclic amines) is 1. The van der Waals surface area contributed by atoms with Crippen molar-refractivity contribution in [3.05, 3.63) is 0 Å². The number of methoxy groups -OCH3 is 1. The van der Waals surface area contributed by atoms with Crippen LogP contribution >= 0.6 is 0 Å². The molecule has 3 nitrogen and oxygen atoms in total. The molecule has 3 heteroatoms. The SMILES string of the molecule is COCC(C#N)N1CCC(C)CC1. The molecule has 1 atom stereocenters. The summed E-state index contributed by atoms with van der Waals surface area (Å²) in [5.74, 6) is 0.818. The topological polar surface area (TPSA) is 36.3 Å². The quantitative estimate of drug-likeness (QED) is 0.659. The summed E-state index contributed by atoms with van der Waals surface area (Å²) in [6.07, 6.45) is 2.42. The standard InChI is InChI=1S/C10H18N2O/c1-9-3-5-12(6-4-9)10(7-11)8-13-2/h9-10H,3-6,8H2,1-2H3. The molecule has 0 aliphatic carbocycles. The minimum absolute atomic E-state index is 0.0440. The Morgan fingerprint density at radius 3 is 2.62 bits per heavy atom. The Kier molecular flexibility index (Phi) is 4.20. The second kappa shape index (κ2) is 5.21. The van der Waals surface area contributed by atoms with E-state index in [4.69, 9.17) is 10.00 Å². The lowest BCUT2D eigenvalue weighted by Crippen LogP contribution is -2.42. The van der Waals surface area contributed by atoms with E-state index in [2.05, 4.69) is 17.9 Å². The minimum atomic E-state index is -0.0440. The smallest absolute Gasteiger partial charge is 0.121 e. The van der Waals surface area contributed by atoms with Crippen LogP contribution in [0.3, 0.4) is 0 Å². The van der Waals surface area contributed by atoms with Crippen molar-refractivity contribution >= 4 is 0 Å². The van der Waals surface area contributed by atoms with Gasteiger partial charge in [-0.15, -0.1) is 0 Å².